The van der Waals surface area contributed by atoms with Crippen molar-refractivity contribution in [1.29, 1.82) is 0 Å². The average Bonchev–Trinajstić information content (AvgIpc) is 4.22. The highest BCUT2D eigenvalue weighted by molar-refractivity contribution is 7.24. The zero-order chi connectivity index (χ0) is 54.0. The molecular formula is C57H66F6O8S4. The Kier molecular flexibility index (Phi) is 20.0. The summed E-state index contributed by atoms with van der Waals surface area (Å²) in [4.78, 5) is 4.54. The molecule has 0 saturated heterocycles. The monoisotopic (exact) mass is 1120 g/mol. The first-order valence-electron chi connectivity index (χ1n) is 25.0. The molecule has 6 aromatic rings. The van der Waals surface area contributed by atoms with Crippen molar-refractivity contribution in [2.75, 3.05) is 92.5 Å². The molecule has 1 aliphatic rings. The van der Waals surface area contributed by atoms with Crippen LogP contribution in [-0.4, -0.2) is 110 Å². The van der Waals surface area contributed by atoms with E-state index in [1.54, 1.807) is 48.5 Å². The van der Waals surface area contributed by atoms with Gasteiger partial charge in [-0.1, -0.05) is 41.5 Å². The Balaban J connectivity index is 1.28. The summed E-state index contributed by atoms with van der Waals surface area (Å²) in [5.41, 5.74) is -3.47. The van der Waals surface area contributed by atoms with Crippen LogP contribution in [0.2, 0.25) is 0 Å². The Bertz CT molecular complexity index is 2590. The molecule has 4 heterocycles. The van der Waals surface area contributed by atoms with E-state index in [-0.39, 0.29) is 47.0 Å². The highest BCUT2D eigenvalue weighted by Gasteiger charge is 2.80. The summed E-state index contributed by atoms with van der Waals surface area (Å²) in [6, 6.07) is 23.3. The van der Waals surface area contributed by atoms with E-state index < -0.39 is 40.0 Å². The highest BCUT2D eigenvalue weighted by Crippen LogP contribution is 2.67. The van der Waals surface area contributed by atoms with Crippen molar-refractivity contribution >= 4 is 56.5 Å². The van der Waals surface area contributed by atoms with E-state index in [4.69, 9.17) is 37.9 Å². The van der Waals surface area contributed by atoms with Crippen LogP contribution in [0.5, 0.6) is 11.5 Å². The maximum absolute atomic E-state index is 17.1. The summed E-state index contributed by atoms with van der Waals surface area (Å²) in [6.07, 6.45) is 0. The number of allylic oxidation sites excluding steroid dienone is 2. The quantitative estimate of drug-likeness (QED) is 0.0355. The van der Waals surface area contributed by atoms with Crippen molar-refractivity contribution in [2.24, 2.45) is 0 Å². The number of rotatable bonds is 28. The van der Waals surface area contributed by atoms with Gasteiger partial charge in [0, 0.05) is 74.5 Å². The van der Waals surface area contributed by atoms with Crippen LogP contribution in [0.3, 0.4) is 0 Å². The number of ether oxygens (including phenoxy) is 8. The summed E-state index contributed by atoms with van der Waals surface area (Å²) < 4.78 is 146. The van der Waals surface area contributed by atoms with Crippen LogP contribution in [-0.2, 0) is 39.3 Å². The normalized spacial score (nSPS) is 15.3. The molecule has 8 nitrogen and oxygen atoms in total. The molecule has 0 atom stereocenters. The summed E-state index contributed by atoms with van der Waals surface area (Å²) in [5.74, 6) is -15.6. The molecule has 0 unspecified atom stereocenters. The third-order valence-corrected chi connectivity index (χ3v) is 17.7. The van der Waals surface area contributed by atoms with Crippen molar-refractivity contribution in [3.05, 3.63) is 106 Å². The van der Waals surface area contributed by atoms with Crippen molar-refractivity contribution in [3.63, 3.8) is 0 Å². The van der Waals surface area contributed by atoms with Gasteiger partial charge >= 0.3 is 17.8 Å². The van der Waals surface area contributed by atoms with Gasteiger partial charge in [0.1, 0.15) is 24.7 Å². The molecule has 2 aromatic carbocycles. The van der Waals surface area contributed by atoms with Gasteiger partial charge in [-0.3, -0.25) is 0 Å². The molecule has 7 rings (SSSR count). The molecule has 0 bridgehead atoms. The predicted octanol–water partition coefficient (Wildman–Crippen LogP) is 15.9. The van der Waals surface area contributed by atoms with Crippen LogP contribution >= 0.6 is 45.3 Å². The fraction of sp³-hybridized carbons (Fsp3) is 0.474. The second-order valence-corrected chi connectivity index (χ2v) is 23.9. The topological polar surface area (TPSA) is 73.8 Å². The summed E-state index contributed by atoms with van der Waals surface area (Å²) in [5, 5.41) is 0. The average molecular weight is 1120 g/mol. The molecule has 1 aliphatic carbocycles. The van der Waals surface area contributed by atoms with E-state index in [1.807, 2.05) is 79.7 Å². The Morgan fingerprint density at radius 2 is 0.707 bits per heavy atom. The summed E-state index contributed by atoms with van der Waals surface area (Å²) in [6.45, 7) is 21.6. The van der Waals surface area contributed by atoms with Gasteiger partial charge in [0.15, 0.2) is 0 Å². The molecule has 0 fully saturated rings. The maximum atomic E-state index is 17.1. The number of halogens is 6. The first-order valence-corrected chi connectivity index (χ1v) is 28.3. The van der Waals surface area contributed by atoms with Gasteiger partial charge in [-0.05, 0) is 121 Å². The second-order valence-electron chi connectivity index (χ2n) is 19.6. The Morgan fingerprint density at radius 1 is 0.387 bits per heavy atom. The first-order chi connectivity index (χ1) is 35.7. The van der Waals surface area contributed by atoms with Gasteiger partial charge in [0.25, 0.3) is 0 Å². The fourth-order valence-electron chi connectivity index (χ4n) is 8.02. The minimum atomic E-state index is -5.81. The number of hydrogen-bond acceptors (Lipinski definition) is 12. The molecule has 0 N–H and O–H groups in total. The Hall–Kier alpha value is -4.08. The van der Waals surface area contributed by atoms with Crippen molar-refractivity contribution in [1.82, 2.24) is 0 Å². The minimum Gasteiger partial charge on any atom is -0.491 e. The van der Waals surface area contributed by atoms with Gasteiger partial charge in [-0.25, -0.2) is 0 Å². The molecule has 4 aromatic heterocycles. The van der Waals surface area contributed by atoms with E-state index in [1.165, 1.54) is 34.8 Å². The van der Waals surface area contributed by atoms with Gasteiger partial charge in [0.05, 0.1) is 66.1 Å². The largest absolute Gasteiger partial charge is 0.491 e. The molecule has 408 valence electrons. The van der Waals surface area contributed by atoms with E-state index in [0.29, 0.717) is 108 Å². The van der Waals surface area contributed by atoms with Crippen LogP contribution in [0.4, 0.5) is 26.3 Å². The predicted molar refractivity (Wildman–Crippen MR) is 292 cm³/mol. The van der Waals surface area contributed by atoms with Crippen LogP contribution in [0.1, 0.15) is 76.3 Å². The van der Waals surface area contributed by atoms with Crippen molar-refractivity contribution < 1.29 is 64.2 Å². The van der Waals surface area contributed by atoms with Gasteiger partial charge < -0.3 is 37.9 Å². The lowest BCUT2D eigenvalue weighted by molar-refractivity contribution is -0.254. The molecule has 0 amide bonds. The van der Waals surface area contributed by atoms with Crippen LogP contribution in [0, 0.1) is 0 Å². The number of hydrogen-bond donors (Lipinski definition) is 0. The van der Waals surface area contributed by atoms with Crippen molar-refractivity contribution in [2.45, 2.75) is 84.0 Å². The zero-order valence-electron chi connectivity index (χ0n) is 43.6. The lowest BCUT2D eigenvalue weighted by atomic mass is 9.92. The summed E-state index contributed by atoms with van der Waals surface area (Å²) in [7, 11) is 0. The molecule has 18 heteroatoms. The third-order valence-electron chi connectivity index (χ3n) is 12.0. The molecule has 0 aliphatic heterocycles. The van der Waals surface area contributed by atoms with E-state index in [0.717, 1.165) is 32.4 Å². The van der Waals surface area contributed by atoms with Crippen molar-refractivity contribution in [3.8, 4) is 51.9 Å². The van der Waals surface area contributed by atoms with Gasteiger partial charge in [0.2, 0.25) is 0 Å². The second kappa shape index (κ2) is 25.6. The molecule has 0 saturated carbocycles. The number of benzene rings is 2. The van der Waals surface area contributed by atoms with E-state index >= 15 is 26.3 Å². The number of thiophene rings is 4. The van der Waals surface area contributed by atoms with Crippen LogP contribution in [0.25, 0.3) is 51.5 Å². The lowest BCUT2D eigenvalue weighted by Gasteiger charge is -2.26. The smallest absolute Gasteiger partial charge is 0.380 e. The fourth-order valence-corrected chi connectivity index (χ4v) is 12.6. The molecule has 0 spiro atoms. The summed E-state index contributed by atoms with van der Waals surface area (Å²) >= 11 is 5.03. The standard InChI is InChI=1S/C57H66F6O8S4/c1-9-64-23-25-66-27-29-68-31-33-70-39-15-11-37(12-16-39)51-41(35-45(74-51)43-19-21-47(72-43)53(3,4)5)49-50(56(60,61)57(62,63)55(49,58)59)42-36-46(44-20-22-48(73-44)54(6,7)8)75-52(42)38-13-17-40(18-14-38)71-34-32-69-30-28-67-26-24-65-10-2/h11-22,35-36H,9-10,23-34H2,1-8H3. The highest BCUT2D eigenvalue weighted by atomic mass is 32.1. The molecular weight excluding hydrogens is 1050 g/mol. The van der Waals surface area contributed by atoms with Crippen LogP contribution in [0.15, 0.2) is 84.9 Å². The third kappa shape index (κ3) is 14.0. The lowest BCUT2D eigenvalue weighted by Crippen LogP contribution is -2.48. The Labute approximate surface area is 452 Å². The Morgan fingerprint density at radius 3 is 1.01 bits per heavy atom. The minimum absolute atomic E-state index is 0.125. The van der Waals surface area contributed by atoms with Gasteiger partial charge in [-0.15, -0.1) is 45.3 Å². The van der Waals surface area contributed by atoms with E-state index in [9.17, 15) is 0 Å². The number of alkyl halides is 6. The molecule has 75 heavy (non-hydrogen) atoms. The van der Waals surface area contributed by atoms with E-state index in [2.05, 4.69) is 0 Å². The molecule has 0 radical (unpaired) electrons. The van der Waals surface area contributed by atoms with Gasteiger partial charge in [-0.2, -0.15) is 26.3 Å². The van der Waals surface area contributed by atoms with Crippen LogP contribution < -0.4 is 9.47 Å². The zero-order valence-corrected chi connectivity index (χ0v) is 46.9. The maximum Gasteiger partial charge on any atom is 0.380 e. The SMILES string of the molecule is CCOCCOCCOCCOc1ccc(-c2sc(-c3ccc(C(C)(C)C)s3)cc2C2=C(c3cc(-c4ccc(C(C)(C)C)s4)sc3-c3ccc(OCCOCCOCCOCC)cc3)C(F)(F)C(F)(F)C2(F)F)cc1. The first kappa shape index (κ1) is 58.6.